The molecular weight excluding hydrogens is 306 g/mol. The van der Waals surface area contributed by atoms with E-state index in [0.29, 0.717) is 35.8 Å². The number of hydrogen-bond donors (Lipinski definition) is 3. The lowest BCUT2D eigenvalue weighted by molar-refractivity contribution is 0.0527. The summed E-state index contributed by atoms with van der Waals surface area (Å²) in [4.78, 5) is 22.6. The zero-order valence-corrected chi connectivity index (χ0v) is 13.8. The molecule has 6 nitrogen and oxygen atoms in total. The Morgan fingerprint density at radius 3 is 2.55 bits per heavy atom. The van der Waals surface area contributed by atoms with Crippen LogP contribution in [0.4, 0.5) is 10.5 Å². The molecule has 0 atom stereocenters. The molecule has 2 amide bonds. The van der Waals surface area contributed by atoms with Gasteiger partial charge in [0.25, 0.3) is 0 Å². The molecule has 0 aromatic heterocycles. The first kappa shape index (κ1) is 18.1. The Morgan fingerprint density at radius 1 is 1.27 bits per heavy atom. The molecule has 0 unspecified atom stereocenters. The second-order valence-electron chi connectivity index (χ2n) is 5.77. The number of anilines is 1. The van der Waals surface area contributed by atoms with Crippen LogP contribution in [0.5, 0.6) is 0 Å². The number of carbonyl (C=O) groups is 2. The van der Waals surface area contributed by atoms with Gasteiger partial charge in [0.15, 0.2) is 0 Å². The fourth-order valence-electron chi connectivity index (χ4n) is 1.63. The summed E-state index contributed by atoms with van der Waals surface area (Å²) in [6.07, 6.45) is 0.234. The molecule has 122 valence electrons. The smallest absolute Gasteiger partial charge is 0.407 e. The van der Waals surface area contributed by atoms with Crippen molar-refractivity contribution in [1.29, 1.82) is 0 Å². The average Bonchev–Trinajstić information content (AvgIpc) is 2.37. The summed E-state index contributed by atoms with van der Waals surface area (Å²) >= 11 is 6.03. The first-order chi connectivity index (χ1) is 10.2. The van der Waals surface area contributed by atoms with Crippen LogP contribution < -0.4 is 16.4 Å². The first-order valence-electron chi connectivity index (χ1n) is 6.99. The number of carbonyl (C=O) groups excluding carboxylic acids is 2. The minimum Gasteiger partial charge on any atom is -0.444 e. The first-order valence-corrected chi connectivity index (χ1v) is 7.37. The van der Waals surface area contributed by atoms with Gasteiger partial charge in [0.1, 0.15) is 5.60 Å². The van der Waals surface area contributed by atoms with Crippen molar-refractivity contribution in [3.63, 3.8) is 0 Å². The number of benzene rings is 1. The Bertz CT molecular complexity index is 541. The van der Waals surface area contributed by atoms with Gasteiger partial charge in [0, 0.05) is 18.7 Å². The third-order valence-corrected chi connectivity index (χ3v) is 2.92. The number of ether oxygens (including phenoxy) is 1. The van der Waals surface area contributed by atoms with Gasteiger partial charge in [-0.05, 0) is 45.4 Å². The van der Waals surface area contributed by atoms with E-state index in [1.165, 1.54) is 0 Å². The minimum atomic E-state index is -0.509. The highest BCUT2D eigenvalue weighted by molar-refractivity contribution is 6.33. The van der Waals surface area contributed by atoms with E-state index < -0.39 is 17.6 Å². The maximum absolute atomic E-state index is 11.4. The zero-order chi connectivity index (χ0) is 16.8. The van der Waals surface area contributed by atoms with Gasteiger partial charge in [-0.2, -0.15) is 0 Å². The molecule has 0 aliphatic carbocycles. The fourth-order valence-corrected chi connectivity index (χ4v) is 1.81. The third kappa shape index (κ3) is 6.67. The number of alkyl carbamates (subject to hydrolysis) is 1. The monoisotopic (exact) mass is 327 g/mol. The van der Waals surface area contributed by atoms with Crippen molar-refractivity contribution in [3.8, 4) is 0 Å². The summed E-state index contributed by atoms with van der Waals surface area (Å²) in [6.45, 7) is 6.47. The van der Waals surface area contributed by atoms with E-state index in [9.17, 15) is 9.59 Å². The molecule has 0 fully saturated rings. The quantitative estimate of drug-likeness (QED) is 0.700. The molecule has 0 bridgehead atoms. The zero-order valence-electron chi connectivity index (χ0n) is 13.0. The second-order valence-corrected chi connectivity index (χ2v) is 6.18. The Balaban J connectivity index is 2.35. The van der Waals surface area contributed by atoms with Gasteiger partial charge in [0.2, 0.25) is 5.91 Å². The standard InChI is InChI=1S/C15H22ClN3O3/c1-15(2,3)22-14(21)19-8-4-7-18-12-9-10(13(17)20)5-6-11(12)16/h5-6,9,18H,4,7-8H2,1-3H3,(H2,17,20)(H,19,21). The van der Waals surface area contributed by atoms with Crippen molar-refractivity contribution >= 4 is 29.3 Å². The molecule has 0 saturated carbocycles. The fraction of sp³-hybridized carbons (Fsp3) is 0.467. The molecule has 0 aliphatic heterocycles. The number of primary amides is 1. The molecule has 0 aliphatic rings. The van der Waals surface area contributed by atoms with Gasteiger partial charge in [-0.15, -0.1) is 0 Å². The molecule has 7 heteroatoms. The van der Waals surface area contributed by atoms with Crippen LogP contribution in [0.1, 0.15) is 37.6 Å². The number of halogens is 1. The summed E-state index contributed by atoms with van der Waals surface area (Å²) in [5.41, 5.74) is 5.73. The van der Waals surface area contributed by atoms with Crippen molar-refractivity contribution in [3.05, 3.63) is 28.8 Å². The predicted molar refractivity (Wildman–Crippen MR) is 87.3 cm³/mol. The van der Waals surface area contributed by atoms with E-state index in [2.05, 4.69) is 10.6 Å². The number of hydrogen-bond acceptors (Lipinski definition) is 4. The topological polar surface area (TPSA) is 93.4 Å². The van der Waals surface area contributed by atoms with Crippen LogP contribution in [-0.4, -0.2) is 30.7 Å². The molecule has 22 heavy (non-hydrogen) atoms. The van der Waals surface area contributed by atoms with Gasteiger partial charge in [0.05, 0.1) is 10.7 Å². The van der Waals surface area contributed by atoms with E-state index in [0.717, 1.165) is 0 Å². The van der Waals surface area contributed by atoms with Crippen LogP contribution in [0.15, 0.2) is 18.2 Å². The highest BCUT2D eigenvalue weighted by Gasteiger charge is 2.15. The lowest BCUT2D eigenvalue weighted by Gasteiger charge is -2.19. The van der Waals surface area contributed by atoms with Gasteiger partial charge >= 0.3 is 6.09 Å². The lowest BCUT2D eigenvalue weighted by Crippen LogP contribution is -2.33. The molecular formula is C15H22ClN3O3. The number of amides is 2. The Morgan fingerprint density at radius 2 is 1.95 bits per heavy atom. The lowest BCUT2D eigenvalue weighted by atomic mass is 10.2. The molecule has 0 radical (unpaired) electrons. The second kappa shape index (κ2) is 7.89. The van der Waals surface area contributed by atoms with Crippen LogP contribution in [0.2, 0.25) is 5.02 Å². The van der Waals surface area contributed by atoms with E-state index in [1.54, 1.807) is 18.2 Å². The SMILES string of the molecule is CC(C)(C)OC(=O)NCCCNc1cc(C(N)=O)ccc1Cl. The van der Waals surface area contributed by atoms with Crippen LogP contribution in [0.3, 0.4) is 0 Å². The van der Waals surface area contributed by atoms with Gasteiger partial charge in [-0.1, -0.05) is 11.6 Å². The van der Waals surface area contributed by atoms with Crippen molar-refractivity contribution < 1.29 is 14.3 Å². The molecule has 1 aromatic carbocycles. The van der Waals surface area contributed by atoms with Crippen molar-refractivity contribution in [1.82, 2.24) is 5.32 Å². The summed E-state index contributed by atoms with van der Waals surface area (Å²) < 4.78 is 5.12. The van der Waals surface area contributed by atoms with E-state index in [4.69, 9.17) is 22.1 Å². The van der Waals surface area contributed by atoms with E-state index in [1.807, 2.05) is 20.8 Å². The largest absolute Gasteiger partial charge is 0.444 e. The summed E-state index contributed by atoms with van der Waals surface area (Å²) in [5.74, 6) is -0.508. The Hall–Kier alpha value is -1.95. The van der Waals surface area contributed by atoms with Gasteiger partial charge in [-0.3, -0.25) is 4.79 Å². The molecule has 1 rings (SSSR count). The molecule has 0 saturated heterocycles. The third-order valence-electron chi connectivity index (χ3n) is 2.59. The van der Waals surface area contributed by atoms with E-state index >= 15 is 0 Å². The Kier molecular flexibility index (Phi) is 6.49. The molecule has 4 N–H and O–H groups in total. The van der Waals surface area contributed by atoms with Crippen LogP contribution in [0.25, 0.3) is 0 Å². The van der Waals surface area contributed by atoms with Crippen molar-refractivity contribution in [2.75, 3.05) is 18.4 Å². The van der Waals surface area contributed by atoms with Crippen LogP contribution >= 0.6 is 11.6 Å². The van der Waals surface area contributed by atoms with E-state index in [-0.39, 0.29) is 0 Å². The van der Waals surface area contributed by atoms with Crippen molar-refractivity contribution in [2.45, 2.75) is 32.8 Å². The van der Waals surface area contributed by atoms with Crippen molar-refractivity contribution in [2.24, 2.45) is 5.73 Å². The number of rotatable bonds is 6. The minimum absolute atomic E-state index is 0.388. The number of nitrogens with two attached hydrogens (primary N) is 1. The maximum atomic E-state index is 11.4. The van der Waals surface area contributed by atoms with Gasteiger partial charge < -0.3 is 21.1 Å². The predicted octanol–water partition coefficient (Wildman–Crippen LogP) is 2.77. The van der Waals surface area contributed by atoms with Crippen LogP contribution in [-0.2, 0) is 4.74 Å². The summed E-state index contributed by atoms with van der Waals surface area (Å²) in [6, 6.07) is 4.79. The normalized spacial score (nSPS) is 10.9. The van der Waals surface area contributed by atoms with Crippen LogP contribution in [0, 0.1) is 0 Å². The average molecular weight is 328 g/mol. The Labute approximate surface area is 135 Å². The summed E-state index contributed by atoms with van der Waals surface area (Å²) in [5, 5.41) is 6.26. The molecule has 1 aromatic rings. The molecule has 0 spiro atoms. The maximum Gasteiger partial charge on any atom is 0.407 e. The van der Waals surface area contributed by atoms with Gasteiger partial charge in [-0.25, -0.2) is 4.79 Å². The highest BCUT2D eigenvalue weighted by Crippen LogP contribution is 2.22. The molecule has 0 heterocycles. The number of nitrogens with one attached hydrogen (secondary N) is 2. The summed E-state index contributed by atoms with van der Waals surface area (Å²) in [7, 11) is 0. The highest BCUT2D eigenvalue weighted by atomic mass is 35.5.